The number of carbonyl (C=O) groups is 2. The molecular weight excluding hydrogens is 485 g/mol. The fourth-order valence-corrected chi connectivity index (χ4v) is 3.93. The highest BCUT2D eigenvalue weighted by molar-refractivity contribution is 6.36. The smallest absolute Gasteiger partial charge is 0.251 e. The standard InChI is InChI=1S/C27H21Cl2N3O3/c28-20-11-13-22(23(29)15-20)25-14-12-21(35-25)17-30-32-26(33)16-24(18-7-3-1-4-8-18)31-27(34)19-9-5-2-6-10-19/h1-15,17,24H,16H2,(H,31,34)(H,32,33)/b30-17-/t24-/m1/s1. The van der Waals surface area contributed by atoms with Crippen LogP contribution < -0.4 is 10.7 Å². The Morgan fingerprint density at radius 2 is 1.63 bits per heavy atom. The van der Waals surface area contributed by atoms with Crippen molar-refractivity contribution in [1.82, 2.24) is 10.7 Å². The van der Waals surface area contributed by atoms with Crippen LogP contribution >= 0.6 is 23.2 Å². The molecule has 1 atom stereocenters. The van der Waals surface area contributed by atoms with Crippen molar-refractivity contribution in [2.45, 2.75) is 12.5 Å². The van der Waals surface area contributed by atoms with Gasteiger partial charge >= 0.3 is 0 Å². The van der Waals surface area contributed by atoms with E-state index in [0.29, 0.717) is 32.7 Å². The highest BCUT2D eigenvalue weighted by Gasteiger charge is 2.19. The van der Waals surface area contributed by atoms with Crippen molar-refractivity contribution in [1.29, 1.82) is 0 Å². The van der Waals surface area contributed by atoms with Gasteiger partial charge < -0.3 is 9.73 Å². The van der Waals surface area contributed by atoms with Gasteiger partial charge in [0.05, 0.1) is 23.7 Å². The highest BCUT2D eigenvalue weighted by Crippen LogP contribution is 2.31. The molecule has 1 aromatic heterocycles. The summed E-state index contributed by atoms with van der Waals surface area (Å²) < 4.78 is 5.74. The molecule has 4 aromatic rings. The minimum absolute atomic E-state index is 0.00368. The zero-order chi connectivity index (χ0) is 24.6. The van der Waals surface area contributed by atoms with E-state index in [1.165, 1.54) is 6.21 Å². The third kappa shape index (κ3) is 6.59. The summed E-state index contributed by atoms with van der Waals surface area (Å²) in [5.41, 5.74) is 4.51. The molecule has 0 fully saturated rings. The van der Waals surface area contributed by atoms with Crippen molar-refractivity contribution < 1.29 is 14.0 Å². The van der Waals surface area contributed by atoms with Crippen LogP contribution in [0.1, 0.15) is 34.1 Å². The summed E-state index contributed by atoms with van der Waals surface area (Å²) in [4.78, 5) is 25.3. The van der Waals surface area contributed by atoms with Crippen LogP contribution in [0.5, 0.6) is 0 Å². The zero-order valence-electron chi connectivity index (χ0n) is 18.4. The van der Waals surface area contributed by atoms with Crippen LogP contribution in [0, 0.1) is 0 Å². The molecule has 1 heterocycles. The van der Waals surface area contributed by atoms with Crippen molar-refractivity contribution in [2.75, 3.05) is 0 Å². The molecule has 176 valence electrons. The molecule has 0 bridgehead atoms. The van der Waals surface area contributed by atoms with Crippen molar-refractivity contribution in [3.05, 3.63) is 118 Å². The van der Waals surface area contributed by atoms with Gasteiger partial charge in [0.1, 0.15) is 11.5 Å². The van der Waals surface area contributed by atoms with Gasteiger partial charge in [-0.2, -0.15) is 5.10 Å². The summed E-state index contributed by atoms with van der Waals surface area (Å²) in [6, 6.07) is 26.2. The number of hydrazone groups is 1. The van der Waals surface area contributed by atoms with Gasteiger partial charge in [0, 0.05) is 16.1 Å². The maximum Gasteiger partial charge on any atom is 0.251 e. The summed E-state index contributed by atoms with van der Waals surface area (Å²) in [7, 11) is 0. The number of halogens is 2. The SMILES string of the molecule is O=C(C[C@@H](NC(=O)c1ccccc1)c1ccccc1)N/N=C\c1ccc(-c2ccc(Cl)cc2Cl)o1. The minimum Gasteiger partial charge on any atom is -0.455 e. The van der Waals surface area contributed by atoms with E-state index in [9.17, 15) is 9.59 Å². The first-order chi connectivity index (χ1) is 17.0. The normalized spacial score (nSPS) is 11.8. The first-order valence-corrected chi connectivity index (χ1v) is 11.5. The van der Waals surface area contributed by atoms with Gasteiger partial charge in [-0.25, -0.2) is 5.43 Å². The Labute approximate surface area is 212 Å². The molecular formula is C27H21Cl2N3O3. The lowest BCUT2D eigenvalue weighted by Crippen LogP contribution is -2.32. The molecule has 0 saturated heterocycles. The number of nitrogens with zero attached hydrogens (tertiary/aromatic N) is 1. The molecule has 0 unspecified atom stereocenters. The van der Waals surface area contributed by atoms with Gasteiger partial charge in [0.2, 0.25) is 5.91 Å². The summed E-state index contributed by atoms with van der Waals surface area (Å²) in [5.74, 6) is 0.353. The predicted molar refractivity (Wildman–Crippen MR) is 138 cm³/mol. The quantitative estimate of drug-likeness (QED) is 0.218. The summed E-state index contributed by atoms with van der Waals surface area (Å²) in [6.07, 6.45) is 1.40. The van der Waals surface area contributed by atoms with Crippen molar-refractivity contribution >= 4 is 41.2 Å². The van der Waals surface area contributed by atoms with E-state index >= 15 is 0 Å². The molecule has 2 N–H and O–H groups in total. The number of amides is 2. The molecule has 0 spiro atoms. The van der Waals surface area contributed by atoms with Crippen LogP contribution in [0.3, 0.4) is 0 Å². The van der Waals surface area contributed by atoms with E-state index in [4.69, 9.17) is 27.6 Å². The third-order valence-corrected chi connectivity index (χ3v) is 5.68. The molecule has 0 radical (unpaired) electrons. The van der Waals surface area contributed by atoms with Crippen molar-refractivity contribution in [3.8, 4) is 11.3 Å². The van der Waals surface area contributed by atoms with Crippen LogP contribution in [-0.2, 0) is 4.79 Å². The van der Waals surface area contributed by atoms with E-state index in [0.717, 1.165) is 5.56 Å². The number of hydrogen-bond acceptors (Lipinski definition) is 4. The van der Waals surface area contributed by atoms with Gasteiger partial charge in [-0.1, -0.05) is 71.7 Å². The number of furan rings is 1. The first kappa shape index (κ1) is 24.3. The second-order valence-corrected chi connectivity index (χ2v) is 8.47. The van der Waals surface area contributed by atoms with E-state index < -0.39 is 6.04 Å². The fraction of sp³-hybridized carbons (Fsp3) is 0.0741. The number of rotatable bonds is 8. The maximum atomic E-state index is 12.7. The van der Waals surface area contributed by atoms with E-state index in [2.05, 4.69) is 15.8 Å². The Morgan fingerprint density at radius 3 is 2.34 bits per heavy atom. The fourth-order valence-electron chi connectivity index (χ4n) is 3.42. The lowest BCUT2D eigenvalue weighted by Gasteiger charge is -2.18. The van der Waals surface area contributed by atoms with Crippen LogP contribution in [0.25, 0.3) is 11.3 Å². The van der Waals surface area contributed by atoms with Gasteiger partial charge in [0.15, 0.2) is 0 Å². The highest BCUT2D eigenvalue weighted by atomic mass is 35.5. The Morgan fingerprint density at radius 1 is 0.914 bits per heavy atom. The average molecular weight is 506 g/mol. The molecule has 35 heavy (non-hydrogen) atoms. The Bertz CT molecular complexity index is 1340. The molecule has 2 amide bonds. The monoisotopic (exact) mass is 505 g/mol. The van der Waals surface area contributed by atoms with Crippen LogP contribution in [0.4, 0.5) is 0 Å². The van der Waals surface area contributed by atoms with E-state index in [1.807, 2.05) is 36.4 Å². The molecule has 0 aliphatic rings. The van der Waals surface area contributed by atoms with Gasteiger partial charge in [-0.3, -0.25) is 9.59 Å². The average Bonchev–Trinajstić information content (AvgIpc) is 3.33. The molecule has 8 heteroatoms. The topological polar surface area (TPSA) is 83.7 Å². The van der Waals surface area contributed by atoms with Crippen LogP contribution in [0.15, 0.2) is 101 Å². The second-order valence-electron chi connectivity index (χ2n) is 7.63. The second kappa shape index (κ2) is 11.5. The van der Waals surface area contributed by atoms with Crippen LogP contribution in [-0.4, -0.2) is 18.0 Å². The lowest BCUT2D eigenvalue weighted by atomic mass is 10.0. The Kier molecular flexibility index (Phi) is 7.98. The Hall–Kier alpha value is -3.87. The third-order valence-electron chi connectivity index (χ3n) is 5.14. The van der Waals surface area contributed by atoms with Gasteiger partial charge in [-0.15, -0.1) is 0 Å². The largest absolute Gasteiger partial charge is 0.455 e. The summed E-state index contributed by atoms with van der Waals surface area (Å²) >= 11 is 12.2. The molecule has 0 aliphatic heterocycles. The van der Waals surface area contributed by atoms with Crippen molar-refractivity contribution in [3.63, 3.8) is 0 Å². The number of hydrogen-bond donors (Lipinski definition) is 2. The maximum absolute atomic E-state index is 12.7. The number of nitrogens with one attached hydrogen (secondary N) is 2. The molecule has 3 aromatic carbocycles. The minimum atomic E-state index is -0.527. The van der Waals surface area contributed by atoms with Crippen LogP contribution in [0.2, 0.25) is 10.0 Å². The number of carbonyl (C=O) groups excluding carboxylic acids is 2. The Balaban J connectivity index is 1.40. The summed E-state index contributed by atoms with van der Waals surface area (Å²) in [5, 5.41) is 7.91. The summed E-state index contributed by atoms with van der Waals surface area (Å²) in [6.45, 7) is 0. The zero-order valence-corrected chi connectivity index (χ0v) is 20.0. The van der Waals surface area contributed by atoms with E-state index in [1.54, 1.807) is 54.6 Å². The molecule has 0 saturated carbocycles. The van der Waals surface area contributed by atoms with Gasteiger partial charge in [0.25, 0.3) is 5.91 Å². The van der Waals surface area contributed by atoms with Crippen molar-refractivity contribution in [2.24, 2.45) is 5.10 Å². The lowest BCUT2D eigenvalue weighted by molar-refractivity contribution is -0.121. The first-order valence-electron chi connectivity index (χ1n) is 10.8. The van der Waals surface area contributed by atoms with Gasteiger partial charge in [-0.05, 0) is 48.0 Å². The van der Waals surface area contributed by atoms with E-state index in [-0.39, 0.29) is 18.2 Å². The molecule has 4 rings (SSSR count). The number of benzene rings is 3. The predicted octanol–water partition coefficient (Wildman–Crippen LogP) is 6.26. The molecule has 6 nitrogen and oxygen atoms in total. The molecule has 0 aliphatic carbocycles.